The van der Waals surface area contributed by atoms with Crippen LogP contribution in [0, 0.1) is 0 Å². The molecule has 3 N–H and O–H groups in total. The standard InChI is InChI=1S/C16H15F3N2O2/c17-16(18,19)23-10-9-11-1-5-13(6-2-11)21-14-7-3-12(4-8-14)15(20)22/h1-8,21H,9-10H2,(H2,20,22). The molecule has 0 bridgehead atoms. The van der Waals surface area contributed by atoms with E-state index in [0.29, 0.717) is 5.56 Å². The number of halogens is 3. The molecule has 4 nitrogen and oxygen atoms in total. The smallest absolute Gasteiger partial charge is 0.366 e. The van der Waals surface area contributed by atoms with Gasteiger partial charge in [0, 0.05) is 16.9 Å². The number of hydrogen-bond acceptors (Lipinski definition) is 3. The fourth-order valence-corrected chi connectivity index (χ4v) is 1.92. The van der Waals surface area contributed by atoms with E-state index in [-0.39, 0.29) is 6.42 Å². The lowest BCUT2D eigenvalue weighted by Crippen LogP contribution is -2.15. The van der Waals surface area contributed by atoms with Crippen LogP contribution in [-0.2, 0) is 11.2 Å². The van der Waals surface area contributed by atoms with Crippen LogP contribution in [0.1, 0.15) is 15.9 Å². The van der Waals surface area contributed by atoms with Gasteiger partial charge in [0.2, 0.25) is 5.91 Å². The van der Waals surface area contributed by atoms with Crippen molar-refractivity contribution in [1.82, 2.24) is 0 Å². The van der Waals surface area contributed by atoms with Crippen LogP contribution in [0.25, 0.3) is 0 Å². The number of nitrogens with two attached hydrogens (primary N) is 1. The minimum atomic E-state index is -4.60. The molecule has 7 heteroatoms. The highest BCUT2D eigenvalue weighted by Gasteiger charge is 2.28. The highest BCUT2D eigenvalue weighted by atomic mass is 19.4. The van der Waals surface area contributed by atoms with Gasteiger partial charge in [0.25, 0.3) is 0 Å². The molecular formula is C16H15F3N2O2. The third-order valence-corrected chi connectivity index (χ3v) is 3.07. The Balaban J connectivity index is 1.90. The first-order valence-electron chi connectivity index (χ1n) is 6.80. The molecule has 0 aromatic heterocycles. The van der Waals surface area contributed by atoms with Crippen molar-refractivity contribution in [1.29, 1.82) is 0 Å². The second-order valence-electron chi connectivity index (χ2n) is 4.81. The van der Waals surface area contributed by atoms with Crippen molar-refractivity contribution in [3.63, 3.8) is 0 Å². The Labute approximate surface area is 131 Å². The molecule has 0 aliphatic rings. The number of carbonyl (C=O) groups excluding carboxylic acids is 1. The summed E-state index contributed by atoms with van der Waals surface area (Å²) >= 11 is 0. The molecule has 2 rings (SSSR count). The maximum Gasteiger partial charge on any atom is 0.522 e. The number of carbonyl (C=O) groups is 1. The normalized spacial score (nSPS) is 11.3. The molecular weight excluding hydrogens is 309 g/mol. The summed E-state index contributed by atoms with van der Waals surface area (Å²) in [6, 6.07) is 13.6. The Bertz CT molecular complexity index is 653. The molecule has 0 radical (unpaired) electrons. The molecule has 0 unspecified atom stereocenters. The number of primary amides is 1. The van der Waals surface area contributed by atoms with Crippen LogP contribution in [-0.4, -0.2) is 18.9 Å². The highest BCUT2D eigenvalue weighted by Crippen LogP contribution is 2.19. The van der Waals surface area contributed by atoms with Crippen molar-refractivity contribution < 1.29 is 22.7 Å². The molecule has 122 valence electrons. The Morgan fingerprint density at radius 2 is 1.52 bits per heavy atom. The number of nitrogens with one attached hydrogen (secondary N) is 1. The highest BCUT2D eigenvalue weighted by molar-refractivity contribution is 5.93. The summed E-state index contributed by atoms with van der Waals surface area (Å²) in [6.07, 6.45) is -4.42. The molecule has 0 aliphatic heterocycles. The van der Waals surface area contributed by atoms with Gasteiger partial charge in [0.05, 0.1) is 6.61 Å². The molecule has 1 amide bonds. The van der Waals surface area contributed by atoms with Crippen molar-refractivity contribution in [2.75, 3.05) is 11.9 Å². The first-order chi connectivity index (χ1) is 10.8. The number of rotatable bonds is 6. The van der Waals surface area contributed by atoms with E-state index in [1.165, 1.54) is 0 Å². The average Bonchev–Trinajstić information content (AvgIpc) is 2.48. The molecule has 0 spiro atoms. The minimum absolute atomic E-state index is 0.174. The van der Waals surface area contributed by atoms with Crippen molar-refractivity contribution >= 4 is 17.3 Å². The minimum Gasteiger partial charge on any atom is -0.366 e. The molecule has 0 saturated heterocycles. The van der Waals surface area contributed by atoms with Crippen LogP contribution in [0.4, 0.5) is 24.5 Å². The predicted octanol–water partition coefficient (Wildman–Crippen LogP) is 3.61. The zero-order chi connectivity index (χ0) is 16.9. The summed E-state index contributed by atoms with van der Waals surface area (Å²) in [5.41, 5.74) is 7.85. The van der Waals surface area contributed by atoms with Crippen molar-refractivity contribution in [2.45, 2.75) is 12.8 Å². The van der Waals surface area contributed by atoms with E-state index >= 15 is 0 Å². The summed E-state index contributed by atoms with van der Waals surface area (Å²) in [5.74, 6) is -0.498. The summed E-state index contributed by atoms with van der Waals surface area (Å²) in [4.78, 5) is 11.0. The van der Waals surface area contributed by atoms with Gasteiger partial charge in [-0.25, -0.2) is 0 Å². The first-order valence-corrected chi connectivity index (χ1v) is 6.80. The molecule has 0 heterocycles. The molecule has 0 atom stereocenters. The van der Waals surface area contributed by atoms with E-state index in [2.05, 4.69) is 10.1 Å². The summed E-state index contributed by atoms with van der Waals surface area (Å²) in [6.45, 7) is -0.412. The Morgan fingerprint density at radius 3 is 2.00 bits per heavy atom. The van der Waals surface area contributed by atoms with Crippen LogP contribution in [0.3, 0.4) is 0 Å². The molecule has 2 aromatic carbocycles. The lowest BCUT2D eigenvalue weighted by molar-refractivity contribution is -0.324. The zero-order valence-electron chi connectivity index (χ0n) is 12.1. The van der Waals surface area contributed by atoms with Crippen LogP contribution < -0.4 is 11.1 Å². The summed E-state index contributed by atoms with van der Waals surface area (Å²) < 4.78 is 39.4. The van der Waals surface area contributed by atoms with E-state index in [4.69, 9.17) is 5.73 Å². The van der Waals surface area contributed by atoms with E-state index in [9.17, 15) is 18.0 Å². The van der Waals surface area contributed by atoms with Crippen LogP contribution in [0.5, 0.6) is 0 Å². The number of anilines is 2. The topological polar surface area (TPSA) is 64.4 Å². The fourth-order valence-electron chi connectivity index (χ4n) is 1.92. The largest absolute Gasteiger partial charge is 0.522 e. The van der Waals surface area contributed by atoms with Crippen LogP contribution in [0.2, 0.25) is 0 Å². The van der Waals surface area contributed by atoms with Gasteiger partial charge in [0.1, 0.15) is 0 Å². The number of amides is 1. The third kappa shape index (κ3) is 5.63. The van der Waals surface area contributed by atoms with Crippen molar-refractivity contribution in [2.24, 2.45) is 5.73 Å². The second-order valence-corrected chi connectivity index (χ2v) is 4.81. The van der Waals surface area contributed by atoms with Gasteiger partial charge < -0.3 is 11.1 Å². The van der Waals surface area contributed by atoms with E-state index in [0.717, 1.165) is 16.9 Å². The quantitative estimate of drug-likeness (QED) is 0.853. The summed E-state index contributed by atoms with van der Waals surface area (Å²) in [7, 11) is 0. The summed E-state index contributed by atoms with van der Waals surface area (Å²) in [5, 5.41) is 3.11. The second kappa shape index (κ2) is 7.15. The average molecular weight is 324 g/mol. The van der Waals surface area contributed by atoms with E-state index in [1.807, 2.05) is 0 Å². The fraction of sp³-hybridized carbons (Fsp3) is 0.188. The Morgan fingerprint density at radius 1 is 1.00 bits per heavy atom. The Kier molecular flexibility index (Phi) is 5.23. The predicted molar refractivity (Wildman–Crippen MR) is 80.4 cm³/mol. The van der Waals surface area contributed by atoms with Gasteiger partial charge in [0.15, 0.2) is 0 Å². The number of benzene rings is 2. The van der Waals surface area contributed by atoms with Gasteiger partial charge in [-0.3, -0.25) is 9.53 Å². The number of hydrogen-bond donors (Lipinski definition) is 2. The zero-order valence-corrected chi connectivity index (χ0v) is 12.1. The Hall–Kier alpha value is -2.54. The molecule has 23 heavy (non-hydrogen) atoms. The number of ether oxygens (including phenoxy) is 1. The van der Waals surface area contributed by atoms with Gasteiger partial charge in [-0.05, 0) is 48.4 Å². The van der Waals surface area contributed by atoms with E-state index in [1.54, 1.807) is 48.5 Å². The lowest BCUT2D eigenvalue weighted by Gasteiger charge is -2.09. The number of alkyl halides is 3. The van der Waals surface area contributed by atoms with Gasteiger partial charge >= 0.3 is 6.36 Å². The maximum atomic E-state index is 11.9. The molecule has 0 aliphatic carbocycles. The van der Waals surface area contributed by atoms with Crippen LogP contribution >= 0.6 is 0 Å². The lowest BCUT2D eigenvalue weighted by atomic mass is 10.1. The monoisotopic (exact) mass is 324 g/mol. The molecule has 2 aromatic rings. The van der Waals surface area contributed by atoms with Gasteiger partial charge in [-0.15, -0.1) is 13.2 Å². The van der Waals surface area contributed by atoms with Crippen LogP contribution in [0.15, 0.2) is 48.5 Å². The van der Waals surface area contributed by atoms with Crippen molar-refractivity contribution in [3.8, 4) is 0 Å². The third-order valence-electron chi connectivity index (χ3n) is 3.07. The SMILES string of the molecule is NC(=O)c1ccc(Nc2ccc(CCOC(F)(F)F)cc2)cc1. The molecule has 0 fully saturated rings. The molecule has 0 saturated carbocycles. The van der Waals surface area contributed by atoms with Crippen molar-refractivity contribution in [3.05, 3.63) is 59.7 Å². The van der Waals surface area contributed by atoms with Gasteiger partial charge in [-0.2, -0.15) is 0 Å². The maximum absolute atomic E-state index is 11.9. The van der Waals surface area contributed by atoms with E-state index < -0.39 is 18.9 Å². The van der Waals surface area contributed by atoms with Gasteiger partial charge in [-0.1, -0.05) is 12.1 Å². The first kappa shape index (κ1) is 16.8.